The van der Waals surface area contributed by atoms with Crippen LogP contribution in [-0.4, -0.2) is 4.98 Å². The molecular weight excluding hydrogens is 166 g/mol. The molecule has 0 amide bonds. The first-order valence-electron chi connectivity index (χ1n) is 3.96. The summed E-state index contributed by atoms with van der Waals surface area (Å²) in [7, 11) is 0. The number of aryl methyl sites for hydroxylation is 2. The molecule has 0 fully saturated rings. The van der Waals surface area contributed by atoms with E-state index in [1.54, 1.807) is 0 Å². The van der Waals surface area contributed by atoms with Crippen LogP contribution in [0.2, 0.25) is 0 Å². The van der Waals surface area contributed by atoms with E-state index in [0.717, 1.165) is 4.90 Å². The van der Waals surface area contributed by atoms with Crippen LogP contribution in [0.25, 0.3) is 10.9 Å². The summed E-state index contributed by atoms with van der Waals surface area (Å²) in [6.07, 6.45) is 2.02. The zero-order valence-corrected chi connectivity index (χ0v) is 8.07. The Labute approximate surface area is 77.2 Å². The molecule has 62 valence electrons. The Morgan fingerprint density at radius 3 is 2.67 bits per heavy atom. The van der Waals surface area contributed by atoms with Gasteiger partial charge in [-0.1, -0.05) is 6.07 Å². The Hall–Kier alpha value is -0.890. The number of rotatable bonds is 0. The molecule has 0 bridgehead atoms. The molecule has 2 rings (SSSR count). The Bertz CT molecular complexity index is 429. The van der Waals surface area contributed by atoms with Gasteiger partial charge in [0.15, 0.2) is 0 Å². The standard InChI is InChI=1S/C10H11NS/c1-6-3-4-8-9(10(6)12)7(2)5-11-8/h3-5,11-12H,1-2H3. The highest BCUT2D eigenvalue weighted by Crippen LogP contribution is 2.27. The molecule has 1 nitrogen and oxygen atoms in total. The van der Waals surface area contributed by atoms with Crippen LogP contribution in [0.1, 0.15) is 11.1 Å². The fourth-order valence-electron chi connectivity index (χ4n) is 1.47. The lowest BCUT2D eigenvalue weighted by molar-refractivity contribution is 1.35. The average Bonchev–Trinajstić information content (AvgIpc) is 2.41. The summed E-state index contributed by atoms with van der Waals surface area (Å²) < 4.78 is 0. The van der Waals surface area contributed by atoms with Gasteiger partial charge in [0.05, 0.1) is 0 Å². The fourth-order valence-corrected chi connectivity index (χ4v) is 1.84. The molecule has 0 saturated heterocycles. The van der Waals surface area contributed by atoms with Crippen LogP contribution in [-0.2, 0) is 0 Å². The lowest BCUT2D eigenvalue weighted by Crippen LogP contribution is -1.78. The Morgan fingerprint density at radius 1 is 1.17 bits per heavy atom. The van der Waals surface area contributed by atoms with Crippen molar-refractivity contribution >= 4 is 23.5 Å². The summed E-state index contributed by atoms with van der Waals surface area (Å²) in [5, 5.41) is 1.25. The molecule has 1 aromatic carbocycles. The number of H-pyrrole nitrogens is 1. The van der Waals surface area contributed by atoms with Gasteiger partial charge in [-0.2, -0.15) is 0 Å². The molecule has 2 heteroatoms. The number of aromatic amines is 1. The maximum absolute atomic E-state index is 4.48. The molecule has 0 aliphatic heterocycles. The van der Waals surface area contributed by atoms with Crippen molar-refractivity contribution in [1.82, 2.24) is 4.98 Å². The minimum absolute atomic E-state index is 1.09. The zero-order chi connectivity index (χ0) is 8.72. The molecule has 1 heterocycles. The van der Waals surface area contributed by atoms with Crippen molar-refractivity contribution in [2.24, 2.45) is 0 Å². The predicted molar refractivity (Wildman–Crippen MR) is 55.0 cm³/mol. The van der Waals surface area contributed by atoms with Gasteiger partial charge in [-0.3, -0.25) is 0 Å². The van der Waals surface area contributed by atoms with E-state index in [9.17, 15) is 0 Å². The number of hydrogen-bond donors (Lipinski definition) is 2. The Morgan fingerprint density at radius 2 is 1.92 bits per heavy atom. The molecule has 0 atom stereocenters. The summed E-state index contributed by atoms with van der Waals surface area (Å²) in [6, 6.07) is 4.18. The zero-order valence-electron chi connectivity index (χ0n) is 7.18. The Balaban J connectivity index is 2.96. The number of hydrogen-bond acceptors (Lipinski definition) is 1. The van der Waals surface area contributed by atoms with Gasteiger partial charge in [0.2, 0.25) is 0 Å². The highest BCUT2D eigenvalue weighted by Gasteiger charge is 2.04. The molecule has 1 N–H and O–H groups in total. The van der Waals surface area contributed by atoms with Gasteiger partial charge in [0.1, 0.15) is 0 Å². The van der Waals surface area contributed by atoms with E-state index < -0.39 is 0 Å². The first-order chi connectivity index (χ1) is 5.70. The van der Waals surface area contributed by atoms with Crippen molar-refractivity contribution in [1.29, 1.82) is 0 Å². The summed E-state index contributed by atoms with van der Waals surface area (Å²) in [5.41, 5.74) is 3.66. The van der Waals surface area contributed by atoms with Gasteiger partial charge in [0, 0.05) is 22.0 Å². The molecule has 12 heavy (non-hydrogen) atoms. The van der Waals surface area contributed by atoms with E-state index in [0.29, 0.717) is 0 Å². The van der Waals surface area contributed by atoms with Gasteiger partial charge in [0.25, 0.3) is 0 Å². The first-order valence-corrected chi connectivity index (χ1v) is 4.41. The largest absolute Gasteiger partial charge is 0.361 e. The predicted octanol–water partition coefficient (Wildman–Crippen LogP) is 3.07. The molecule has 0 aliphatic rings. The number of aromatic nitrogens is 1. The second-order valence-electron chi connectivity index (χ2n) is 3.13. The van der Waals surface area contributed by atoms with Gasteiger partial charge < -0.3 is 4.98 Å². The maximum Gasteiger partial charge on any atom is 0.0468 e. The fraction of sp³-hybridized carbons (Fsp3) is 0.200. The molecule has 0 aliphatic carbocycles. The highest BCUT2D eigenvalue weighted by atomic mass is 32.1. The normalized spacial score (nSPS) is 10.9. The summed E-state index contributed by atoms with van der Waals surface area (Å²) >= 11 is 4.48. The third kappa shape index (κ3) is 0.950. The molecule has 0 radical (unpaired) electrons. The lowest BCUT2D eigenvalue weighted by atomic mass is 10.1. The van der Waals surface area contributed by atoms with Crippen LogP contribution >= 0.6 is 12.6 Å². The summed E-state index contributed by atoms with van der Waals surface area (Å²) in [6.45, 7) is 4.17. The maximum atomic E-state index is 4.48. The van der Waals surface area contributed by atoms with Crippen molar-refractivity contribution in [2.45, 2.75) is 18.7 Å². The van der Waals surface area contributed by atoms with E-state index in [2.05, 4.69) is 43.6 Å². The van der Waals surface area contributed by atoms with Gasteiger partial charge in [-0.25, -0.2) is 0 Å². The summed E-state index contributed by atoms with van der Waals surface area (Å²) in [4.78, 5) is 4.30. The van der Waals surface area contributed by atoms with Crippen molar-refractivity contribution in [3.8, 4) is 0 Å². The molecule has 0 saturated carbocycles. The minimum atomic E-state index is 1.09. The van der Waals surface area contributed by atoms with Crippen LogP contribution < -0.4 is 0 Å². The van der Waals surface area contributed by atoms with E-state index >= 15 is 0 Å². The number of fused-ring (bicyclic) bond motifs is 1. The number of thiol groups is 1. The molecule has 2 aromatic rings. The van der Waals surface area contributed by atoms with E-state index in [-0.39, 0.29) is 0 Å². The van der Waals surface area contributed by atoms with Crippen molar-refractivity contribution in [2.75, 3.05) is 0 Å². The topological polar surface area (TPSA) is 15.8 Å². The molecule has 1 aromatic heterocycles. The smallest absolute Gasteiger partial charge is 0.0468 e. The second-order valence-corrected chi connectivity index (χ2v) is 3.57. The number of nitrogens with one attached hydrogen (secondary N) is 1. The monoisotopic (exact) mass is 177 g/mol. The van der Waals surface area contributed by atoms with E-state index in [1.165, 1.54) is 22.0 Å². The second kappa shape index (κ2) is 2.56. The van der Waals surface area contributed by atoms with Crippen molar-refractivity contribution < 1.29 is 0 Å². The van der Waals surface area contributed by atoms with Crippen LogP contribution in [0.15, 0.2) is 23.2 Å². The average molecular weight is 177 g/mol. The van der Waals surface area contributed by atoms with Crippen LogP contribution in [0.4, 0.5) is 0 Å². The SMILES string of the molecule is Cc1ccc2[nH]cc(C)c2c1S. The van der Waals surface area contributed by atoms with Crippen molar-refractivity contribution in [3.63, 3.8) is 0 Å². The third-order valence-corrected chi connectivity index (χ3v) is 2.79. The quantitative estimate of drug-likeness (QED) is 0.575. The number of benzene rings is 1. The molecule has 0 spiro atoms. The van der Waals surface area contributed by atoms with Crippen LogP contribution in [0, 0.1) is 13.8 Å². The van der Waals surface area contributed by atoms with Gasteiger partial charge in [-0.15, -0.1) is 12.6 Å². The van der Waals surface area contributed by atoms with Crippen LogP contribution in [0.5, 0.6) is 0 Å². The molecular formula is C10H11NS. The van der Waals surface area contributed by atoms with E-state index in [4.69, 9.17) is 0 Å². The Kier molecular flexibility index (Phi) is 1.65. The van der Waals surface area contributed by atoms with Gasteiger partial charge >= 0.3 is 0 Å². The first kappa shape index (κ1) is 7.74. The highest BCUT2D eigenvalue weighted by molar-refractivity contribution is 7.80. The lowest BCUT2D eigenvalue weighted by Gasteiger charge is -2.00. The minimum Gasteiger partial charge on any atom is -0.361 e. The van der Waals surface area contributed by atoms with E-state index in [1.807, 2.05) is 6.20 Å². The van der Waals surface area contributed by atoms with Gasteiger partial charge in [-0.05, 0) is 31.0 Å². The van der Waals surface area contributed by atoms with Crippen LogP contribution in [0.3, 0.4) is 0 Å². The third-order valence-electron chi connectivity index (χ3n) is 2.22. The summed E-state index contributed by atoms with van der Waals surface area (Å²) in [5.74, 6) is 0. The van der Waals surface area contributed by atoms with Crippen molar-refractivity contribution in [3.05, 3.63) is 29.5 Å². The molecule has 0 unspecified atom stereocenters.